The summed E-state index contributed by atoms with van der Waals surface area (Å²) in [6, 6.07) is 10.3. The summed E-state index contributed by atoms with van der Waals surface area (Å²) in [5, 5.41) is 9.01. The van der Waals surface area contributed by atoms with Gasteiger partial charge in [0, 0.05) is 5.56 Å². The van der Waals surface area contributed by atoms with Crippen LogP contribution in [0.3, 0.4) is 0 Å². The lowest BCUT2D eigenvalue weighted by Gasteiger charge is -2.19. The second-order valence-electron chi connectivity index (χ2n) is 5.20. The average molecular weight is 310 g/mol. The average Bonchev–Trinajstić information content (AvgIpc) is 2.56. The number of aromatic nitrogens is 1. The van der Waals surface area contributed by atoms with Crippen LogP contribution in [0.25, 0.3) is 11.3 Å². The van der Waals surface area contributed by atoms with E-state index in [1.54, 1.807) is 24.3 Å². The lowest BCUT2D eigenvalue weighted by Crippen LogP contribution is -2.26. The Hall–Kier alpha value is -3.07. The topological polar surface area (TPSA) is 81.3 Å². The summed E-state index contributed by atoms with van der Waals surface area (Å²) in [6.07, 6.45) is 0. The molecule has 0 bridgehead atoms. The van der Waals surface area contributed by atoms with Crippen molar-refractivity contribution in [2.75, 3.05) is 13.2 Å². The van der Waals surface area contributed by atoms with E-state index in [4.69, 9.17) is 14.7 Å². The highest BCUT2D eigenvalue weighted by molar-refractivity contribution is 5.76. The van der Waals surface area contributed by atoms with Crippen LogP contribution in [0.2, 0.25) is 0 Å². The fourth-order valence-electron chi connectivity index (χ4n) is 2.50. The Bertz CT molecular complexity index is 877. The molecule has 1 aromatic heterocycles. The molecule has 0 unspecified atom stereocenters. The highest BCUT2D eigenvalue weighted by atomic mass is 16.6. The quantitative estimate of drug-likeness (QED) is 0.862. The van der Waals surface area contributed by atoms with Crippen molar-refractivity contribution in [3.8, 4) is 28.8 Å². The number of carbonyl (C=O) groups is 1. The first kappa shape index (κ1) is 14.9. The summed E-state index contributed by atoms with van der Waals surface area (Å²) in [5.41, 5.74) is 0.806. The van der Waals surface area contributed by atoms with Crippen molar-refractivity contribution in [1.82, 2.24) is 4.57 Å². The van der Waals surface area contributed by atoms with Crippen LogP contribution in [0.5, 0.6) is 11.5 Å². The van der Waals surface area contributed by atoms with Crippen LogP contribution in [-0.4, -0.2) is 23.6 Å². The molecule has 0 aliphatic carbocycles. The van der Waals surface area contributed by atoms with Crippen LogP contribution in [0.1, 0.15) is 12.5 Å². The zero-order valence-corrected chi connectivity index (χ0v) is 12.5. The van der Waals surface area contributed by atoms with E-state index in [0.717, 1.165) is 5.56 Å². The summed E-state index contributed by atoms with van der Waals surface area (Å²) in [6.45, 7) is 2.28. The van der Waals surface area contributed by atoms with Gasteiger partial charge in [0.25, 0.3) is 5.56 Å². The number of pyridine rings is 1. The van der Waals surface area contributed by atoms with Crippen LogP contribution in [0.4, 0.5) is 0 Å². The molecule has 0 fully saturated rings. The summed E-state index contributed by atoms with van der Waals surface area (Å²) in [4.78, 5) is 23.8. The molecule has 1 aliphatic heterocycles. The van der Waals surface area contributed by atoms with Crippen molar-refractivity contribution in [1.29, 1.82) is 5.26 Å². The summed E-state index contributed by atoms with van der Waals surface area (Å²) in [5.74, 6) is 1.08. The second-order valence-corrected chi connectivity index (χ2v) is 5.20. The summed E-state index contributed by atoms with van der Waals surface area (Å²) < 4.78 is 12.3. The van der Waals surface area contributed by atoms with Crippen molar-refractivity contribution in [3.63, 3.8) is 0 Å². The van der Waals surface area contributed by atoms with E-state index < -0.39 is 5.56 Å². The number of nitriles is 1. The van der Waals surface area contributed by atoms with Gasteiger partial charge in [-0.15, -0.1) is 0 Å². The number of carbonyl (C=O) groups excluding carboxylic acids is 1. The highest BCUT2D eigenvalue weighted by Gasteiger charge is 2.16. The van der Waals surface area contributed by atoms with Gasteiger partial charge in [0.15, 0.2) is 11.5 Å². The van der Waals surface area contributed by atoms with Crippen LogP contribution in [0.15, 0.2) is 35.1 Å². The number of benzene rings is 1. The number of ether oxygens (including phenoxy) is 2. The van der Waals surface area contributed by atoms with Gasteiger partial charge in [-0.05, 0) is 37.3 Å². The normalized spacial score (nSPS) is 12.5. The lowest BCUT2D eigenvalue weighted by atomic mass is 10.1. The number of fused-ring (bicyclic) bond motifs is 1. The molecule has 2 aromatic rings. The first-order chi connectivity index (χ1) is 11.1. The van der Waals surface area contributed by atoms with Gasteiger partial charge in [0.05, 0.1) is 12.2 Å². The third-order valence-corrected chi connectivity index (χ3v) is 3.51. The van der Waals surface area contributed by atoms with Gasteiger partial charge in [-0.25, -0.2) is 0 Å². The molecule has 6 nitrogen and oxygen atoms in total. The van der Waals surface area contributed by atoms with E-state index in [9.17, 15) is 9.59 Å². The Morgan fingerprint density at radius 3 is 2.65 bits per heavy atom. The number of nitrogens with zero attached hydrogens (tertiary/aromatic N) is 2. The van der Waals surface area contributed by atoms with Crippen LogP contribution < -0.4 is 15.0 Å². The standard InChI is InChI=1S/C17H14N2O4/c1-11(20)10-19-14(4-2-13(9-18)17(19)21)12-3-5-15-16(8-12)23-7-6-22-15/h2-5,8H,6-7,10H2,1H3. The van der Waals surface area contributed by atoms with E-state index in [1.165, 1.54) is 17.6 Å². The molecule has 0 radical (unpaired) electrons. The second kappa shape index (κ2) is 5.97. The van der Waals surface area contributed by atoms with Crippen molar-refractivity contribution >= 4 is 5.78 Å². The molecule has 0 amide bonds. The number of rotatable bonds is 3. The molecule has 1 aliphatic rings. The molecule has 0 saturated heterocycles. The Morgan fingerprint density at radius 2 is 1.96 bits per heavy atom. The zero-order valence-electron chi connectivity index (χ0n) is 12.5. The van der Waals surface area contributed by atoms with Gasteiger partial charge in [-0.3, -0.25) is 14.2 Å². The molecule has 23 heavy (non-hydrogen) atoms. The van der Waals surface area contributed by atoms with E-state index >= 15 is 0 Å². The van der Waals surface area contributed by atoms with E-state index in [-0.39, 0.29) is 17.9 Å². The number of ketones is 1. The molecule has 0 N–H and O–H groups in total. The maximum absolute atomic E-state index is 12.4. The molecule has 3 rings (SSSR count). The number of hydrogen-bond acceptors (Lipinski definition) is 5. The molecule has 0 saturated carbocycles. The summed E-state index contributed by atoms with van der Waals surface area (Å²) >= 11 is 0. The van der Waals surface area contributed by atoms with E-state index in [2.05, 4.69) is 0 Å². The highest BCUT2D eigenvalue weighted by Crippen LogP contribution is 2.34. The first-order valence-electron chi connectivity index (χ1n) is 7.13. The fourth-order valence-corrected chi connectivity index (χ4v) is 2.50. The van der Waals surface area contributed by atoms with Crippen molar-refractivity contribution in [3.05, 3.63) is 46.2 Å². The minimum atomic E-state index is -0.477. The zero-order chi connectivity index (χ0) is 16.4. The molecule has 6 heteroatoms. The van der Waals surface area contributed by atoms with Crippen LogP contribution in [-0.2, 0) is 11.3 Å². The molecular weight excluding hydrogens is 296 g/mol. The predicted molar refractivity (Wildman–Crippen MR) is 82.5 cm³/mol. The minimum Gasteiger partial charge on any atom is -0.486 e. The van der Waals surface area contributed by atoms with Crippen molar-refractivity contribution in [2.24, 2.45) is 0 Å². The van der Waals surface area contributed by atoms with Crippen molar-refractivity contribution in [2.45, 2.75) is 13.5 Å². The molecule has 2 heterocycles. The van der Waals surface area contributed by atoms with Gasteiger partial charge >= 0.3 is 0 Å². The molecule has 1 aromatic carbocycles. The predicted octanol–water partition coefficient (Wildman–Crippen LogP) is 1.75. The molecule has 0 atom stereocenters. The largest absolute Gasteiger partial charge is 0.486 e. The number of Topliss-reactive ketones (excluding diaryl/α,β-unsaturated/α-hetero) is 1. The SMILES string of the molecule is CC(=O)Cn1c(-c2ccc3c(c2)OCCO3)ccc(C#N)c1=O. The van der Waals surface area contributed by atoms with Gasteiger partial charge in [-0.2, -0.15) is 5.26 Å². The van der Waals surface area contributed by atoms with E-state index in [0.29, 0.717) is 30.4 Å². The maximum Gasteiger partial charge on any atom is 0.269 e. The van der Waals surface area contributed by atoms with E-state index in [1.807, 2.05) is 6.07 Å². The summed E-state index contributed by atoms with van der Waals surface area (Å²) in [7, 11) is 0. The molecular formula is C17H14N2O4. The lowest BCUT2D eigenvalue weighted by molar-refractivity contribution is -0.117. The number of hydrogen-bond donors (Lipinski definition) is 0. The first-order valence-corrected chi connectivity index (χ1v) is 7.13. The minimum absolute atomic E-state index is 0.00698. The molecule has 0 spiro atoms. The Labute approximate surface area is 132 Å². The van der Waals surface area contributed by atoms with Crippen LogP contribution in [0, 0.1) is 11.3 Å². The van der Waals surface area contributed by atoms with Crippen LogP contribution >= 0.6 is 0 Å². The Balaban J connectivity index is 2.16. The fraction of sp³-hybridized carbons (Fsp3) is 0.235. The third-order valence-electron chi connectivity index (χ3n) is 3.51. The van der Waals surface area contributed by atoms with Crippen molar-refractivity contribution < 1.29 is 14.3 Å². The third kappa shape index (κ3) is 2.81. The maximum atomic E-state index is 12.4. The van der Waals surface area contributed by atoms with Gasteiger partial charge in [-0.1, -0.05) is 0 Å². The van der Waals surface area contributed by atoms with Gasteiger partial charge < -0.3 is 9.47 Å². The smallest absolute Gasteiger partial charge is 0.269 e. The molecule has 116 valence electrons. The van der Waals surface area contributed by atoms with Gasteiger partial charge in [0.1, 0.15) is 30.6 Å². The van der Waals surface area contributed by atoms with Gasteiger partial charge in [0.2, 0.25) is 0 Å². The Morgan fingerprint density at radius 1 is 1.22 bits per heavy atom. The Kier molecular flexibility index (Phi) is 3.85. The monoisotopic (exact) mass is 310 g/mol.